The van der Waals surface area contributed by atoms with Crippen LogP contribution >= 0.6 is 0 Å². The highest BCUT2D eigenvalue weighted by molar-refractivity contribution is 6.46. The maximum Gasteiger partial charge on any atom is 0.410 e. The van der Waals surface area contributed by atoms with Gasteiger partial charge in [0.15, 0.2) is 0 Å². The van der Waals surface area contributed by atoms with Gasteiger partial charge in [0.25, 0.3) is 0 Å². The molecule has 0 aliphatic rings. The molecule has 0 saturated carbocycles. The SMILES string of the molecule is CCCO[Si](OCC)C(C)n1c(=O)n(C(C)[Si](OCC)OCCC)c(=O)n(C(C)[Si](OCC)OCCC)c1=O. The molecule has 12 nitrogen and oxygen atoms in total. The summed E-state index contributed by atoms with van der Waals surface area (Å²) in [6, 6.07) is 0. The van der Waals surface area contributed by atoms with E-state index in [9.17, 15) is 14.4 Å². The third-order valence-electron chi connectivity index (χ3n) is 5.63. The fourth-order valence-corrected chi connectivity index (χ4v) is 8.85. The summed E-state index contributed by atoms with van der Waals surface area (Å²) in [5.74, 6) is 0. The van der Waals surface area contributed by atoms with Crippen molar-refractivity contribution >= 4 is 27.9 Å². The lowest BCUT2D eigenvalue weighted by molar-refractivity contribution is 0.177. The Morgan fingerprint density at radius 2 is 0.718 bits per heavy atom. The number of hydrogen-bond donors (Lipinski definition) is 0. The lowest BCUT2D eigenvalue weighted by Crippen LogP contribution is -2.61. The Labute approximate surface area is 237 Å². The molecule has 39 heavy (non-hydrogen) atoms. The van der Waals surface area contributed by atoms with Gasteiger partial charge in [-0.05, 0) is 60.8 Å². The molecule has 0 bridgehead atoms. The molecule has 0 aromatic carbocycles. The molecule has 1 aromatic rings. The highest BCUT2D eigenvalue weighted by Gasteiger charge is 2.37. The molecule has 0 aliphatic carbocycles. The average molecular weight is 607 g/mol. The molecule has 0 N–H and O–H groups in total. The van der Waals surface area contributed by atoms with Crippen LogP contribution in [0.3, 0.4) is 0 Å². The summed E-state index contributed by atoms with van der Waals surface area (Å²) in [5.41, 5.74) is -4.39. The van der Waals surface area contributed by atoms with Crippen LogP contribution in [-0.4, -0.2) is 81.2 Å². The predicted molar refractivity (Wildman–Crippen MR) is 154 cm³/mol. The average Bonchev–Trinajstić information content (AvgIpc) is 2.90. The second kappa shape index (κ2) is 19.0. The van der Waals surface area contributed by atoms with Gasteiger partial charge in [-0.25, -0.2) is 28.1 Å². The second-order valence-corrected chi connectivity index (χ2v) is 14.9. The van der Waals surface area contributed by atoms with E-state index in [0.29, 0.717) is 39.6 Å². The Hall–Kier alpha value is -1.18. The van der Waals surface area contributed by atoms with Crippen molar-refractivity contribution in [3.8, 4) is 0 Å². The van der Waals surface area contributed by atoms with E-state index < -0.39 is 61.9 Å². The van der Waals surface area contributed by atoms with Gasteiger partial charge in [0.05, 0.1) is 17.0 Å². The minimum absolute atomic E-state index is 0.364. The molecule has 3 unspecified atom stereocenters. The van der Waals surface area contributed by atoms with E-state index >= 15 is 0 Å². The minimum Gasteiger partial charge on any atom is -0.392 e. The normalized spacial score (nSPS) is 14.5. The van der Waals surface area contributed by atoms with Gasteiger partial charge in [-0.1, -0.05) is 20.8 Å². The van der Waals surface area contributed by atoms with Gasteiger partial charge >= 0.3 is 44.9 Å². The Balaban J connectivity index is 3.95. The molecule has 3 radical (unpaired) electrons. The molecule has 225 valence electrons. The molecule has 0 spiro atoms. The van der Waals surface area contributed by atoms with Crippen molar-refractivity contribution in [2.45, 2.75) is 98.6 Å². The van der Waals surface area contributed by atoms with Crippen molar-refractivity contribution < 1.29 is 26.6 Å². The maximum absolute atomic E-state index is 14.0. The van der Waals surface area contributed by atoms with Crippen molar-refractivity contribution in [3.05, 3.63) is 31.5 Å². The van der Waals surface area contributed by atoms with Gasteiger partial charge in [0.1, 0.15) is 0 Å². The van der Waals surface area contributed by atoms with Crippen LogP contribution in [0.25, 0.3) is 0 Å². The van der Waals surface area contributed by atoms with Gasteiger partial charge in [-0.15, -0.1) is 0 Å². The minimum atomic E-state index is -2.09. The lowest BCUT2D eigenvalue weighted by atomic mass is 10.5. The molecular weight excluding hydrogens is 559 g/mol. The largest absolute Gasteiger partial charge is 0.410 e. The van der Waals surface area contributed by atoms with E-state index in [1.165, 1.54) is 0 Å². The molecule has 0 aliphatic heterocycles. The van der Waals surface area contributed by atoms with Crippen LogP contribution in [0.5, 0.6) is 0 Å². The summed E-state index contributed by atoms with van der Waals surface area (Å²) >= 11 is 0. The van der Waals surface area contributed by atoms with E-state index in [-0.39, 0.29) is 0 Å². The Morgan fingerprint density at radius 1 is 0.487 bits per heavy atom. The Kier molecular flexibility index (Phi) is 17.5. The topological polar surface area (TPSA) is 121 Å². The number of aromatic nitrogens is 3. The van der Waals surface area contributed by atoms with Crippen molar-refractivity contribution in [1.29, 1.82) is 0 Å². The van der Waals surface area contributed by atoms with Crippen molar-refractivity contribution in [2.75, 3.05) is 39.6 Å². The lowest BCUT2D eigenvalue weighted by Gasteiger charge is -2.28. The second-order valence-electron chi connectivity index (χ2n) is 8.79. The summed E-state index contributed by atoms with van der Waals surface area (Å²) in [6.45, 7) is 19.0. The van der Waals surface area contributed by atoms with Crippen molar-refractivity contribution in [2.24, 2.45) is 0 Å². The molecule has 1 rings (SSSR count). The zero-order valence-electron chi connectivity index (χ0n) is 25.1. The van der Waals surface area contributed by atoms with Crippen LogP contribution in [0.15, 0.2) is 14.4 Å². The monoisotopic (exact) mass is 606 g/mol. The van der Waals surface area contributed by atoms with Crippen LogP contribution in [0.2, 0.25) is 0 Å². The highest BCUT2D eigenvalue weighted by Crippen LogP contribution is 2.14. The first-order valence-corrected chi connectivity index (χ1v) is 18.2. The highest BCUT2D eigenvalue weighted by atomic mass is 28.3. The Bertz CT molecular complexity index is 850. The van der Waals surface area contributed by atoms with Crippen LogP contribution in [0.4, 0.5) is 0 Å². The molecule has 15 heteroatoms. The molecule has 0 saturated heterocycles. The molecular formula is C24H48N3O9Si3. The van der Waals surface area contributed by atoms with Gasteiger partial charge in [-0.3, -0.25) is 0 Å². The molecule has 0 amide bonds. The summed E-state index contributed by atoms with van der Waals surface area (Å²) in [5, 5.41) is 0. The fraction of sp³-hybridized carbons (Fsp3) is 0.875. The van der Waals surface area contributed by atoms with Crippen molar-refractivity contribution in [3.63, 3.8) is 0 Å². The fourth-order valence-electron chi connectivity index (χ4n) is 3.79. The van der Waals surface area contributed by atoms with E-state index in [1.54, 1.807) is 20.8 Å². The maximum atomic E-state index is 14.0. The number of rotatable bonds is 21. The zero-order chi connectivity index (χ0) is 29.5. The standard InChI is InChI=1S/C24H48N3O9Si3/c1-10-16-34-37(31-13-4)19(7)25-22(28)26(20(8)38(32-14-5)35-17-11-2)24(30)27(23(25)29)21(9)39(33-15-6)36-18-12-3/h19-21H,10-18H2,1-9H3. The first kappa shape index (κ1) is 35.8. The van der Waals surface area contributed by atoms with E-state index in [1.807, 2.05) is 41.5 Å². The first-order chi connectivity index (χ1) is 18.7. The zero-order valence-corrected chi connectivity index (χ0v) is 28.1. The third-order valence-corrected chi connectivity index (χ3v) is 11.6. The van der Waals surface area contributed by atoms with Crippen LogP contribution in [0, 0.1) is 0 Å². The molecule has 1 heterocycles. The molecule has 3 atom stereocenters. The summed E-state index contributed by atoms with van der Waals surface area (Å²) in [7, 11) is -6.27. The van der Waals surface area contributed by atoms with E-state index in [2.05, 4.69) is 0 Å². The number of nitrogens with zero attached hydrogens (tertiary/aromatic N) is 3. The van der Waals surface area contributed by atoms with E-state index in [4.69, 9.17) is 26.6 Å². The van der Waals surface area contributed by atoms with Gasteiger partial charge in [0, 0.05) is 39.6 Å². The van der Waals surface area contributed by atoms with Gasteiger partial charge in [-0.2, -0.15) is 0 Å². The Morgan fingerprint density at radius 3 is 0.897 bits per heavy atom. The smallest absolute Gasteiger partial charge is 0.392 e. The summed E-state index contributed by atoms with van der Waals surface area (Å²) < 4.78 is 38.8. The quantitative estimate of drug-likeness (QED) is 0.194. The number of hydrogen-bond acceptors (Lipinski definition) is 9. The van der Waals surface area contributed by atoms with Crippen LogP contribution in [-0.2, 0) is 26.6 Å². The molecule has 1 aromatic heterocycles. The van der Waals surface area contributed by atoms with Gasteiger partial charge in [0.2, 0.25) is 0 Å². The summed E-state index contributed by atoms with van der Waals surface area (Å²) in [6.07, 6.45) is 2.26. The van der Waals surface area contributed by atoms with Crippen LogP contribution in [0.1, 0.15) is 98.6 Å². The summed E-state index contributed by atoms with van der Waals surface area (Å²) in [4.78, 5) is 41.9. The molecule has 0 fully saturated rings. The third kappa shape index (κ3) is 9.71. The van der Waals surface area contributed by atoms with Crippen molar-refractivity contribution in [1.82, 2.24) is 13.7 Å². The first-order valence-electron chi connectivity index (χ1n) is 14.0. The van der Waals surface area contributed by atoms with Gasteiger partial charge < -0.3 is 26.6 Å². The predicted octanol–water partition coefficient (Wildman–Crippen LogP) is 2.33. The van der Waals surface area contributed by atoms with Crippen LogP contribution < -0.4 is 17.1 Å². The van der Waals surface area contributed by atoms with E-state index in [0.717, 1.165) is 33.0 Å².